The third-order valence-corrected chi connectivity index (χ3v) is 3.76. The predicted molar refractivity (Wildman–Crippen MR) is 72.4 cm³/mol. The number of nitrogens with zero attached hydrogens (tertiary/aromatic N) is 2. The molecule has 1 aliphatic rings. The molecule has 0 spiro atoms. The Labute approximate surface area is 108 Å². The minimum Gasteiger partial charge on any atom is -0.298 e. The second-order valence-corrected chi connectivity index (χ2v) is 5.22. The molecular formula is C15H19N3. The Bertz CT molecular complexity index is 487. The van der Waals surface area contributed by atoms with Crippen molar-refractivity contribution >= 4 is 0 Å². The molecule has 0 bridgehead atoms. The van der Waals surface area contributed by atoms with Crippen LogP contribution in [0.5, 0.6) is 0 Å². The zero-order valence-electron chi connectivity index (χ0n) is 10.8. The maximum Gasteiger partial charge on any atom is 0.0490 e. The van der Waals surface area contributed by atoms with E-state index in [1.165, 1.54) is 29.8 Å². The molecule has 94 valence electrons. The Balaban J connectivity index is 1.61. The van der Waals surface area contributed by atoms with Crippen LogP contribution in [0.2, 0.25) is 0 Å². The highest BCUT2D eigenvalue weighted by molar-refractivity contribution is 5.21. The van der Waals surface area contributed by atoms with E-state index in [0.29, 0.717) is 5.92 Å². The van der Waals surface area contributed by atoms with Crippen LogP contribution in [-0.2, 0) is 6.54 Å². The van der Waals surface area contributed by atoms with E-state index < -0.39 is 0 Å². The number of aromatic nitrogens is 2. The molecule has 0 unspecified atom stereocenters. The molecule has 3 rings (SSSR count). The van der Waals surface area contributed by atoms with Crippen molar-refractivity contribution in [3.05, 3.63) is 53.3 Å². The number of H-pyrrole nitrogens is 1. The molecule has 1 saturated heterocycles. The molecule has 1 aromatic heterocycles. The molecule has 0 aliphatic carbocycles. The van der Waals surface area contributed by atoms with Gasteiger partial charge in [-0.3, -0.25) is 10.00 Å². The van der Waals surface area contributed by atoms with E-state index in [2.05, 4.69) is 52.4 Å². The van der Waals surface area contributed by atoms with Crippen LogP contribution in [0.4, 0.5) is 0 Å². The zero-order chi connectivity index (χ0) is 12.4. The highest BCUT2D eigenvalue weighted by Gasteiger charge is 2.24. The summed E-state index contributed by atoms with van der Waals surface area (Å²) in [4.78, 5) is 2.52. The molecule has 0 radical (unpaired) electrons. The second kappa shape index (κ2) is 4.94. The summed E-state index contributed by atoms with van der Waals surface area (Å²) in [5.74, 6) is 0.623. The molecular weight excluding hydrogens is 222 g/mol. The van der Waals surface area contributed by atoms with E-state index in [0.717, 1.165) is 13.1 Å². The predicted octanol–water partition coefficient (Wildman–Crippen LogP) is 2.71. The van der Waals surface area contributed by atoms with Gasteiger partial charge in [0.2, 0.25) is 0 Å². The Morgan fingerprint density at radius 3 is 2.83 bits per heavy atom. The number of hydrogen-bond donors (Lipinski definition) is 1. The first-order chi connectivity index (χ1) is 8.81. The monoisotopic (exact) mass is 241 g/mol. The first-order valence-corrected chi connectivity index (χ1v) is 6.58. The fraction of sp³-hybridized carbons (Fsp3) is 0.400. The fourth-order valence-electron chi connectivity index (χ4n) is 2.68. The Hall–Kier alpha value is -1.61. The zero-order valence-corrected chi connectivity index (χ0v) is 10.8. The van der Waals surface area contributed by atoms with E-state index in [1.807, 2.05) is 6.20 Å². The summed E-state index contributed by atoms with van der Waals surface area (Å²) < 4.78 is 0. The van der Waals surface area contributed by atoms with Gasteiger partial charge >= 0.3 is 0 Å². The van der Waals surface area contributed by atoms with Crippen molar-refractivity contribution in [1.82, 2.24) is 15.1 Å². The third kappa shape index (κ3) is 2.46. The van der Waals surface area contributed by atoms with Gasteiger partial charge in [-0.2, -0.15) is 5.10 Å². The van der Waals surface area contributed by atoms with Crippen molar-refractivity contribution in [1.29, 1.82) is 0 Å². The van der Waals surface area contributed by atoms with E-state index in [-0.39, 0.29) is 0 Å². The fourth-order valence-corrected chi connectivity index (χ4v) is 2.68. The Kier molecular flexibility index (Phi) is 3.15. The molecule has 1 aliphatic heterocycles. The molecule has 1 fully saturated rings. The van der Waals surface area contributed by atoms with Gasteiger partial charge in [-0.25, -0.2) is 0 Å². The lowest BCUT2D eigenvalue weighted by Gasteiger charge is -2.15. The molecule has 1 N–H and O–H groups in total. The lowest BCUT2D eigenvalue weighted by atomic mass is 10.1. The van der Waals surface area contributed by atoms with Crippen molar-refractivity contribution in [2.45, 2.75) is 25.8 Å². The molecule has 1 atom stereocenters. The van der Waals surface area contributed by atoms with Gasteiger partial charge in [-0.15, -0.1) is 0 Å². The first kappa shape index (κ1) is 11.5. The second-order valence-electron chi connectivity index (χ2n) is 5.22. The molecule has 0 amide bonds. The summed E-state index contributed by atoms with van der Waals surface area (Å²) in [6.45, 7) is 5.51. The van der Waals surface area contributed by atoms with Crippen LogP contribution in [0.25, 0.3) is 0 Å². The smallest absolute Gasteiger partial charge is 0.0490 e. The van der Waals surface area contributed by atoms with E-state index in [9.17, 15) is 0 Å². The highest BCUT2D eigenvalue weighted by atomic mass is 15.2. The molecule has 3 nitrogen and oxygen atoms in total. The van der Waals surface area contributed by atoms with Crippen LogP contribution in [0, 0.1) is 6.92 Å². The average molecular weight is 241 g/mol. The van der Waals surface area contributed by atoms with Crippen molar-refractivity contribution in [3.8, 4) is 0 Å². The minimum absolute atomic E-state index is 0.623. The number of likely N-dealkylation sites (tertiary alicyclic amines) is 1. The Morgan fingerprint density at radius 1 is 1.28 bits per heavy atom. The van der Waals surface area contributed by atoms with E-state index >= 15 is 0 Å². The summed E-state index contributed by atoms with van der Waals surface area (Å²) in [5, 5.41) is 7.14. The number of benzene rings is 1. The largest absolute Gasteiger partial charge is 0.298 e. The third-order valence-electron chi connectivity index (χ3n) is 3.76. The van der Waals surface area contributed by atoms with Crippen LogP contribution in [-0.4, -0.2) is 28.2 Å². The summed E-state index contributed by atoms with van der Waals surface area (Å²) >= 11 is 0. The number of aryl methyl sites for hydroxylation is 1. The maximum atomic E-state index is 4.04. The average Bonchev–Trinajstić information content (AvgIpc) is 3.02. The molecule has 0 saturated carbocycles. The number of rotatable bonds is 3. The van der Waals surface area contributed by atoms with Crippen molar-refractivity contribution < 1.29 is 0 Å². The minimum atomic E-state index is 0.623. The van der Waals surface area contributed by atoms with E-state index in [4.69, 9.17) is 0 Å². The number of nitrogens with one attached hydrogen (secondary N) is 1. The molecule has 1 aromatic carbocycles. The SMILES string of the molecule is Cc1ccc(CN2CC[C@H](c3ccn[nH]3)C2)cc1. The van der Waals surface area contributed by atoms with Crippen LogP contribution in [0.15, 0.2) is 36.5 Å². The number of aromatic amines is 1. The maximum absolute atomic E-state index is 4.04. The van der Waals surface area contributed by atoms with Gasteiger partial charge < -0.3 is 0 Å². The van der Waals surface area contributed by atoms with Gasteiger partial charge in [0.05, 0.1) is 0 Å². The van der Waals surface area contributed by atoms with Gasteiger partial charge in [0, 0.05) is 30.9 Å². The summed E-state index contributed by atoms with van der Waals surface area (Å²) in [7, 11) is 0. The summed E-state index contributed by atoms with van der Waals surface area (Å²) in [6.07, 6.45) is 3.08. The molecule has 2 aromatic rings. The van der Waals surface area contributed by atoms with Gasteiger partial charge in [0.15, 0.2) is 0 Å². The van der Waals surface area contributed by atoms with Gasteiger partial charge in [-0.1, -0.05) is 29.8 Å². The summed E-state index contributed by atoms with van der Waals surface area (Å²) in [6, 6.07) is 11.0. The molecule has 18 heavy (non-hydrogen) atoms. The van der Waals surface area contributed by atoms with Crippen molar-refractivity contribution in [2.75, 3.05) is 13.1 Å². The van der Waals surface area contributed by atoms with E-state index in [1.54, 1.807) is 0 Å². The topological polar surface area (TPSA) is 31.9 Å². The van der Waals surface area contributed by atoms with Crippen LogP contribution >= 0.6 is 0 Å². The van der Waals surface area contributed by atoms with Gasteiger partial charge in [-0.05, 0) is 31.5 Å². The first-order valence-electron chi connectivity index (χ1n) is 6.58. The van der Waals surface area contributed by atoms with Gasteiger partial charge in [0.25, 0.3) is 0 Å². The van der Waals surface area contributed by atoms with Crippen molar-refractivity contribution in [3.63, 3.8) is 0 Å². The normalized spacial score (nSPS) is 20.4. The molecule has 3 heteroatoms. The Morgan fingerprint density at radius 2 is 2.11 bits per heavy atom. The highest BCUT2D eigenvalue weighted by Crippen LogP contribution is 2.26. The lowest BCUT2D eigenvalue weighted by Crippen LogP contribution is -2.19. The number of hydrogen-bond acceptors (Lipinski definition) is 2. The molecule has 2 heterocycles. The van der Waals surface area contributed by atoms with Gasteiger partial charge in [0.1, 0.15) is 0 Å². The lowest BCUT2D eigenvalue weighted by molar-refractivity contribution is 0.326. The quantitative estimate of drug-likeness (QED) is 0.896. The standard InChI is InChI=1S/C15H19N3/c1-12-2-4-13(5-3-12)10-18-9-7-14(11-18)15-6-8-16-17-15/h2-6,8,14H,7,9-11H2,1H3,(H,16,17)/t14-/m0/s1. The van der Waals surface area contributed by atoms with Crippen LogP contribution < -0.4 is 0 Å². The van der Waals surface area contributed by atoms with Crippen LogP contribution in [0.1, 0.15) is 29.2 Å². The summed E-state index contributed by atoms with van der Waals surface area (Å²) in [5.41, 5.74) is 4.02. The van der Waals surface area contributed by atoms with Crippen LogP contribution in [0.3, 0.4) is 0 Å². The van der Waals surface area contributed by atoms with Crippen molar-refractivity contribution in [2.24, 2.45) is 0 Å².